The number of nitrogens with zero attached hydrogens (tertiary/aromatic N) is 4. The lowest BCUT2D eigenvalue weighted by atomic mass is 9.96. The standard InChI is InChI=1S/C29H28N6O/c1-4-26(36)32-25-16-22(6-5-19(25)2)27-24-15-20(17-30)18-31-29(24)33-28(27)21-7-9-23(10-8-21)35-13-11-34(3)12-14-35/h4-10,15-16,18H,1,11-14H2,2-3H3,(H,31,33)(H,32,36). The lowest BCUT2D eigenvalue weighted by molar-refractivity contribution is -0.111. The van der Waals surface area contributed by atoms with Gasteiger partial charge in [-0.3, -0.25) is 4.79 Å². The molecule has 2 aromatic heterocycles. The third-order valence-corrected chi connectivity index (χ3v) is 6.77. The van der Waals surface area contributed by atoms with Crippen molar-refractivity contribution in [3.63, 3.8) is 0 Å². The number of rotatable bonds is 5. The molecular weight excluding hydrogens is 448 g/mol. The van der Waals surface area contributed by atoms with Crippen LogP contribution in [0.1, 0.15) is 11.1 Å². The van der Waals surface area contributed by atoms with Gasteiger partial charge in [-0.25, -0.2) is 4.98 Å². The zero-order valence-corrected chi connectivity index (χ0v) is 20.5. The Morgan fingerprint density at radius 2 is 1.83 bits per heavy atom. The molecule has 36 heavy (non-hydrogen) atoms. The van der Waals surface area contributed by atoms with Crippen LogP contribution in [0.15, 0.2) is 67.4 Å². The third-order valence-electron chi connectivity index (χ3n) is 6.77. The molecule has 5 rings (SSSR count). The van der Waals surface area contributed by atoms with Gasteiger partial charge in [0.25, 0.3) is 0 Å². The van der Waals surface area contributed by atoms with Crippen molar-refractivity contribution in [2.75, 3.05) is 43.4 Å². The van der Waals surface area contributed by atoms with Crippen LogP contribution in [0.25, 0.3) is 33.4 Å². The minimum atomic E-state index is -0.262. The Labute approximate surface area is 210 Å². The zero-order valence-electron chi connectivity index (χ0n) is 20.5. The average Bonchev–Trinajstić information content (AvgIpc) is 3.29. The Morgan fingerprint density at radius 3 is 2.53 bits per heavy atom. The zero-order chi connectivity index (χ0) is 25.2. The number of carbonyl (C=O) groups excluding carboxylic acids is 1. The molecule has 7 heteroatoms. The molecule has 2 N–H and O–H groups in total. The molecule has 0 unspecified atom stereocenters. The van der Waals surface area contributed by atoms with Crippen molar-refractivity contribution in [1.29, 1.82) is 5.26 Å². The van der Waals surface area contributed by atoms with Crippen LogP contribution in [-0.2, 0) is 4.79 Å². The maximum atomic E-state index is 12.0. The molecule has 0 bridgehead atoms. The summed E-state index contributed by atoms with van der Waals surface area (Å²) in [5.74, 6) is -0.262. The van der Waals surface area contributed by atoms with Gasteiger partial charge >= 0.3 is 0 Å². The summed E-state index contributed by atoms with van der Waals surface area (Å²) in [6.45, 7) is 9.64. The lowest BCUT2D eigenvalue weighted by Gasteiger charge is -2.34. The highest BCUT2D eigenvalue weighted by Gasteiger charge is 2.19. The van der Waals surface area contributed by atoms with Crippen molar-refractivity contribution in [3.05, 3.63) is 78.5 Å². The fourth-order valence-electron chi connectivity index (χ4n) is 4.65. The number of carbonyl (C=O) groups is 1. The molecule has 3 heterocycles. The number of aromatic nitrogens is 2. The number of benzene rings is 2. The molecular formula is C29H28N6O. The first-order valence-corrected chi connectivity index (χ1v) is 12.0. The number of hydrogen-bond donors (Lipinski definition) is 2. The van der Waals surface area contributed by atoms with Crippen molar-refractivity contribution in [2.45, 2.75) is 6.92 Å². The summed E-state index contributed by atoms with van der Waals surface area (Å²) in [5, 5.41) is 13.2. The van der Waals surface area contributed by atoms with Crippen LogP contribution >= 0.6 is 0 Å². The first-order valence-electron chi connectivity index (χ1n) is 12.0. The van der Waals surface area contributed by atoms with E-state index in [0.717, 1.165) is 59.5 Å². The number of fused-ring (bicyclic) bond motifs is 1. The van der Waals surface area contributed by atoms with Gasteiger partial charge in [-0.1, -0.05) is 30.8 Å². The van der Waals surface area contributed by atoms with Crippen molar-refractivity contribution >= 4 is 28.3 Å². The van der Waals surface area contributed by atoms with Crippen LogP contribution in [0.3, 0.4) is 0 Å². The first kappa shape index (κ1) is 23.3. The number of H-pyrrole nitrogens is 1. The van der Waals surface area contributed by atoms with E-state index < -0.39 is 0 Å². The molecule has 1 aliphatic heterocycles. The van der Waals surface area contributed by atoms with Crippen LogP contribution in [0.5, 0.6) is 0 Å². The minimum Gasteiger partial charge on any atom is -0.369 e. The van der Waals surface area contributed by atoms with Gasteiger partial charge in [0.1, 0.15) is 11.7 Å². The molecule has 2 aromatic carbocycles. The van der Waals surface area contributed by atoms with Crippen LogP contribution in [0.2, 0.25) is 0 Å². The molecule has 0 spiro atoms. The number of nitriles is 1. The largest absolute Gasteiger partial charge is 0.369 e. The van der Waals surface area contributed by atoms with E-state index in [9.17, 15) is 10.1 Å². The minimum absolute atomic E-state index is 0.262. The van der Waals surface area contributed by atoms with Crippen molar-refractivity contribution in [2.24, 2.45) is 0 Å². The Balaban J connectivity index is 1.61. The van der Waals surface area contributed by atoms with Crippen LogP contribution in [0.4, 0.5) is 11.4 Å². The van der Waals surface area contributed by atoms with E-state index in [0.29, 0.717) is 16.9 Å². The van der Waals surface area contributed by atoms with E-state index in [2.05, 4.69) is 69.0 Å². The van der Waals surface area contributed by atoms with Gasteiger partial charge in [-0.15, -0.1) is 0 Å². The number of amides is 1. The van der Waals surface area contributed by atoms with Gasteiger partial charge in [-0.2, -0.15) is 5.26 Å². The predicted molar refractivity (Wildman–Crippen MR) is 145 cm³/mol. The summed E-state index contributed by atoms with van der Waals surface area (Å²) in [4.78, 5) is 24.7. The third kappa shape index (κ3) is 4.47. The van der Waals surface area contributed by atoms with E-state index >= 15 is 0 Å². The molecule has 1 amide bonds. The molecule has 0 saturated carbocycles. The molecule has 1 fully saturated rings. The molecule has 0 aliphatic carbocycles. The Morgan fingerprint density at radius 1 is 1.11 bits per heavy atom. The molecule has 180 valence electrons. The highest BCUT2D eigenvalue weighted by atomic mass is 16.1. The van der Waals surface area contributed by atoms with Crippen molar-refractivity contribution in [3.8, 4) is 28.5 Å². The molecule has 0 radical (unpaired) electrons. The maximum Gasteiger partial charge on any atom is 0.247 e. The Hall–Kier alpha value is -4.41. The van der Waals surface area contributed by atoms with Crippen molar-refractivity contribution in [1.82, 2.24) is 14.9 Å². The fourth-order valence-corrected chi connectivity index (χ4v) is 4.65. The molecule has 0 atom stereocenters. The van der Waals surface area contributed by atoms with Gasteiger partial charge in [0.15, 0.2) is 0 Å². The predicted octanol–water partition coefficient (Wildman–Crippen LogP) is 4.95. The van der Waals surface area contributed by atoms with Gasteiger partial charge in [-0.05, 0) is 61.0 Å². The van der Waals surface area contributed by atoms with Crippen LogP contribution in [-0.4, -0.2) is 54.0 Å². The summed E-state index contributed by atoms with van der Waals surface area (Å²) in [6.07, 6.45) is 2.84. The number of anilines is 2. The second-order valence-electron chi connectivity index (χ2n) is 9.17. The number of likely N-dealkylation sites (N-methyl/N-ethyl adjacent to an activating group) is 1. The SMILES string of the molecule is C=CC(=O)Nc1cc(-c2c(-c3ccc(N4CCN(C)CC4)cc3)[nH]c3ncc(C#N)cc23)ccc1C. The highest BCUT2D eigenvalue weighted by molar-refractivity contribution is 6.04. The van der Waals surface area contributed by atoms with Crippen molar-refractivity contribution < 1.29 is 4.79 Å². The Bertz CT molecular complexity index is 1490. The van der Waals surface area contributed by atoms with Gasteiger partial charge in [0, 0.05) is 54.7 Å². The molecule has 4 aromatic rings. The van der Waals surface area contributed by atoms with Crippen LogP contribution in [0, 0.1) is 18.3 Å². The van der Waals surface area contributed by atoms with E-state index in [1.807, 2.05) is 31.2 Å². The normalized spacial score (nSPS) is 14.0. The number of aryl methyl sites for hydroxylation is 1. The molecule has 7 nitrogen and oxygen atoms in total. The van der Waals surface area contributed by atoms with Crippen LogP contribution < -0.4 is 10.2 Å². The number of pyridine rings is 1. The quantitative estimate of drug-likeness (QED) is 0.398. The number of aromatic amines is 1. The second-order valence-corrected chi connectivity index (χ2v) is 9.17. The molecule has 1 aliphatic rings. The van der Waals surface area contributed by atoms with Gasteiger partial charge in [0.2, 0.25) is 5.91 Å². The fraction of sp³-hybridized carbons (Fsp3) is 0.207. The number of hydrogen-bond acceptors (Lipinski definition) is 5. The number of piperazine rings is 1. The monoisotopic (exact) mass is 476 g/mol. The average molecular weight is 477 g/mol. The topological polar surface area (TPSA) is 88.1 Å². The van der Waals surface area contributed by atoms with E-state index in [1.54, 1.807) is 6.20 Å². The first-order chi connectivity index (χ1) is 17.5. The summed E-state index contributed by atoms with van der Waals surface area (Å²) < 4.78 is 0. The summed E-state index contributed by atoms with van der Waals surface area (Å²) in [7, 11) is 2.16. The smallest absolute Gasteiger partial charge is 0.247 e. The maximum absolute atomic E-state index is 12.0. The Kier molecular flexibility index (Phi) is 6.28. The summed E-state index contributed by atoms with van der Waals surface area (Å²) in [6, 6.07) is 18.6. The van der Waals surface area contributed by atoms with Gasteiger partial charge in [0.05, 0.1) is 11.3 Å². The summed E-state index contributed by atoms with van der Waals surface area (Å²) >= 11 is 0. The lowest BCUT2D eigenvalue weighted by Crippen LogP contribution is -2.44. The van der Waals surface area contributed by atoms with E-state index in [1.165, 1.54) is 11.8 Å². The highest BCUT2D eigenvalue weighted by Crippen LogP contribution is 2.40. The summed E-state index contributed by atoms with van der Waals surface area (Å²) in [5.41, 5.74) is 7.87. The molecule has 1 saturated heterocycles. The van der Waals surface area contributed by atoms with Gasteiger partial charge < -0.3 is 20.1 Å². The second kappa shape index (κ2) is 9.68. The van der Waals surface area contributed by atoms with E-state index in [-0.39, 0.29) is 5.91 Å². The van der Waals surface area contributed by atoms with E-state index in [4.69, 9.17) is 0 Å². The number of nitrogens with one attached hydrogen (secondary N) is 2.